The summed E-state index contributed by atoms with van der Waals surface area (Å²) in [6, 6.07) is 5.38. The number of carbonyl (C=O) groups is 1. The van der Waals surface area contributed by atoms with Crippen molar-refractivity contribution >= 4 is 34.8 Å². The van der Waals surface area contributed by atoms with Crippen LogP contribution in [0, 0.1) is 5.82 Å². The Labute approximate surface area is 165 Å². The second kappa shape index (κ2) is 8.92. The van der Waals surface area contributed by atoms with Crippen LogP contribution in [0.4, 0.5) is 4.39 Å². The van der Waals surface area contributed by atoms with Crippen molar-refractivity contribution in [3.63, 3.8) is 0 Å². The molecule has 0 fully saturated rings. The Bertz CT molecular complexity index is 878. The summed E-state index contributed by atoms with van der Waals surface area (Å²) in [6.45, 7) is 1.57. The first kappa shape index (κ1) is 20.8. The topological polar surface area (TPSA) is 69.2 Å². The zero-order valence-electron chi connectivity index (χ0n) is 15.0. The summed E-state index contributed by atoms with van der Waals surface area (Å²) >= 11 is 11.7. The van der Waals surface area contributed by atoms with Gasteiger partial charge in [-0.15, -0.1) is 0 Å². The normalized spacial score (nSPS) is 11.1. The standard InChI is InChI=1S/C18H17Cl2FN2O4/c1-9(11-7-14(21)13(20)8-12(11)19)22-23-18(24)10-5-15(25-2)17(27-4)16(6-10)26-3/h5-8H,1-4H3,(H,23,24)/b22-9-. The highest BCUT2D eigenvalue weighted by atomic mass is 35.5. The Kier molecular flexibility index (Phi) is 6.87. The lowest BCUT2D eigenvalue weighted by molar-refractivity contribution is 0.0954. The predicted octanol–water partition coefficient (Wildman–Crippen LogP) is 4.31. The summed E-state index contributed by atoms with van der Waals surface area (Å²) in [5.74, 6) is -0.156. The molecule has 0 aliphatic carbocycles. The maximum absolute atomic E-state index is 13.6. The molecule has 2 aromatic carbocycles. The fourth-order valence-corrected chi connectivity index (χ4v) is 2.79. The molecule has 0 saturated heterocycles. The minimum atomic E-state index is -0.637. The van der Waals surface area contributed by atoms with Gasteiger partial charge in [-0.2, -0.15) is 5.10 Å². The second-order valence-electron chi connectivity index (χ2n) is 5.30. The number of hydrazone groups is 1. The third-order valence-corrected chi connectivity index (χ3v) is 4.25. The van der Waals surface area contributed by atoms with Gasteiger partial charge in [0.05, 0.1) is 37.1 Å². The van der Waals surface area contributed by atoms with Gasteiger partial charge < -0.3 is 14.2 Å². The van der Waals surface area contributed by atoms with Crippen molar-refractivity contribution in [2.24, 2.45) is 5.10 Å². The molecule has 0 aliphatic heterocycles. The number of hydrogen-bond donors (Lipinski definition) is 1. The molecule has 0 aliphatic rings. The number of methoxy groups -OCH3 is 3. The van der Waals surface area contributed by atoms with Gasteiger partial charge in [0, 0.05) is 11.1 Å². The van der Waals surface area contributed by atoms with Crippen LogP contribution in [0.5, 0.6) is 17.2 Å². The fourth-order valence-electron chi connectivity index (χ4n) is 2.27. The van der Waals surface area contributed by atoms with Crippen molar-refractivity contribution in [3.8, 4) is 17.2 Å². The number of rotatable bonds is 6. The van der Waals surface area contributed by atoms with Gasteiger partial charge in [0.1, 0.15) is 5.82 Å². The molecule has 0 atom stereocenters. The lowest BCUT2D eigenvalue weighted by Crippen LogP contribution is -2.19. The van der Waals surface area contributed by atoms with E-state index in [0.717, 1.165) is 6.07 Å². The summed E-state index contributed by atoms with van der Waals surface area (Å²) in [4.78, 5) is 12.4. The van der Waals surface area contributed by atoms with Crippen LogP contribution in [0.3, 0.4) is 0 Å². The monoisotopic (exact) mass is 414 g/mol. The van der Waals surface area contributed by atoms with E-state index in [2.05, 4.69) is 10.5 Å². The van der Waals surface area contributed by atoms with E-state index < -0.39 is 11.7 Å². The molecule has 144 valence electrons. The second-order valence-corrected chi connectivity index (χ2v) is 6.11. The number of halogens is 3. The highest BCUT2D eigenvalue weighted by Gasteiger charge is 2.17. The van der Waals surface area contributed by atoms with Crippen LogP contribution >= 0.6 is 23.2 Å². The van der Waals surface area contributed by atoms with E-state index in [1.54, 1.807) is 6.92 Å². The number of nitrogens with zero attached hydrogens (tertiary/aromatic N) is 1. The number of hydrogen-bond acceptors (Lipinski definition) is 5. The smallest absolute Gasteiger partial charge is 0.271 e. The number of nitrogens with one attached hydrogen (secondary N) is 1. The van der Waals surface area contributed by atoms with Crippen molar-refractivity contribution in [3.05, 3.63) is 51.3 Å². The quantitative estimate of drug-likeness (QED) is 0.434. The Morgan fingerprint density at radius 1 is 1.00 bits per heavy atom. The van der Waals surface area contributed by atoms with Gasteiger partial charge in [-0.25, -0.2) is 9.82 Å². The van der Waals surface area contributed by atoms with Gasteiger partial charge in [0.15, 0.2) is 11.5 Å². The van der Waals surface area contributed by atoms with Crippen LogP contribution in [-0.4, -0.2) is 32.9 Å². The molecule has 0 radical (unpaired) electrons. The Morgan fingerprint density at radius 3 is 2.11 bits per heavy atom. The van der Waals surface area contributed by atoms with Crippen LogP contribution in [0.1, 0.15) is 22.8 Å². The molecule has 0 heterocycles. The van der Waals surface area contributed by atoms with E-state index in [0.29, 0.717) is 28.5 Å². The highest BCUT2D eigenvalue weighted by molar-refractivity contribution is 6.37. The number of amides is 1. The first-order valence-corrected chi connectivity index (χ1v) is 8.37. The van der Waals surface area contributed by atoms with Gasteiger partial charge >= 0.3 is 0 Å². The molecule has 1 N–H and O–H groups in total. The largest absolute Gasteiger partial charge is 0.493 e. The van der Waals surface area contributed by atoms with E-state index in [9.17, 15) is 9.18 Å². The molecule has 27 heavy (non-hydrogen) atoms. The van der Waals surface area contributed by atoms with E-state index in [4.69, 9.17) is 37.4 Å². The zero-order chi connectivity index (χ0) is 20.1. The highest BCUT2D eigenvalue weighted by Crippen LogP contribution is 2.38. The molecule has 0 spiro atoms. The van der Waals surface area contributed by atoms with E-state index in [-0.39, 0.29) is 15.6 Å². The van der Waals surface area contributed by atoms with Crippen molar-refractivity contribution in [1.82, 2.24) is 5.43 Å². The van der Waals surface area contributed by atoms with Crippen LogP contribution in [0.2, 0.25) is 10.0 Å². The predicted molar refractivity (Wildman–Crippen MR) is 102 cm³/mol. The van der Waals surface area contributed by atoms with Gasteiger partial charge in [-0.1, -0.05) is 23.2 Å². The SMILES string of the molecule is COc1cc(C(=O)N/N=C(/C)c2cc(F)c(Cl)cc2Cl)cc(OC)c1OC. The fraction of sp³-hybridized carbons (Fsp3) is 0.222. The van der Waals surface area contributed by atoms with E-state index in [1.165, 1.54) is 39.5 Å². The number of benzene rings is 2. The third kappa shape index (κ3) is 4.61. The van der Waals surface area contributed by atoms with Crippen molar-refractivity contribution in [2.75, 3.05) is 21.3 Å². The first-order valence-electron chi connectivity index (χ1n) is 7.61. The Balaban J connectivity index is 2.29. The number of ether oxygens (including phenoxy) is 3. The maximum atomic E-state index is 13.6. The molecule has 9 heteroatoms. The molecule has 1 amide bonds. The van der Waals surface area contributed by atoms with Gasteiger partial charge in [0.25, 0.3) is 5.91 Å². The van der Waals surface area contributed by atoms with Crippen LogP contribution in [-0.2, 0) is 0 Å². The molecule has 2 aromatic rings. The Hall–Kier alpha value is -2.51. The number of carbonyl (C=O) groups excluding carboxylic acids is 1. The van der Waals surface area contributed by atoms with Crippen LogP contribution < -0.4 is 19.6 Å². The molecule has 0 aromatic heterocycles. The van der Waals surface area contributed by atoms with Crippen molar-refractivity contribution < 1.29 is 23.4 Å². The summed E-state index contributed by atoms with van der Waals surface area (Å²) in [5, 5.41) is 4.08. The van der Waals surface area contributed by atoms with E-state index in [1.807, 2.05) is 0 Å². The summed E-state index contributed by atoms with van der Waals surface area (Å²) in [6.07, 6.45) is 0. The summed E-state index contributed by atoms with van der Waals surface area (Å²) in [5.41, 5.74) is 3.22. The van der Waals surface area contributed by atoms with Crippen molar-refractivity contribution in [2.45, 2.75) is 6.92 Å². The van der Waals surface area contributed by atoms with Crippen molar-refractivity contribution in [1.29, 1.82) is 0 Å². The zero-order valence-corrected chi connectivity index (χ0v) is 16.5. The molecular weight excluding hydrogens is 398 g/mol. The molecule has 0 bridgehead atoms. The average molecular weight is 415 g/mol. The average Bonchev–Trinajstić information content (AvgIpc) is 2.67. The Morgan fingerprint density at radius 2 is 1.59 bits per heavy atom. The lowest BCUT2D eigenvalue weighted by Gasteiger charge is -2.13. The molecule has 0 unspecified atom stereocenters. The summed E-state index contributed by atoms with van der Waals surface area (Å²) < 4.78 is 29.3. The minimum Gasteiger partial charge on any atom is -0.493 e. The first-order chi connectivity index (χ1) is 12.8. The molecule has 2 rings (SSSR count). The lowest BCUT2D eigenvalue weighted by atomic mass is 10.1. The van der Waals surface area contributed by atoms with Gasteiger partial charge in [-0.05, 0) is 31.2 Å². The summed E-state index contributed by atoms with van der Waals surface area (Å²) in [7, 11) is 4.35. The van der Waals surface area contributed by atoms with Gasteiger partial charge in [-0.3, -0.25) is 4.79 Å². The van der Waals surface area contributed by atoms with Gasteiger partial charge in [0.2, 0.25) is 5.75 Å². The molecule has 0 saturated carbocycles. The molecular formula is C18H17Cl2FN2O4. The molecule has 6 nitrogen and oxygen atoms in total. The third-order valence-electron chi connectivity index (χ3n) is 3.65. The van der Waals surface area contributed by atoms with E-state index >= 15 is 0 Å². The van der Waals surface area contributed by atoms with Crippen LogP contribution in [0.25, 0.3) is 0 Å². The maximum Gasteiger partial charge on any atom is 0.271 e. The minimum absolute atomic E-state index is 0.0991. The van der Waals surface area contributed by atoms with Crippen LogP contribution in [0.15, 0.2) is 29.4 Å².